The van der Waals surface area contributed by atoms with E-state index in [1.54, 1.807) is 0 Å². The number of carbonyl (C=O) groups excluding carboxylic acids is 4. The molecule has 4 heterocycles. The number of Topliss-reactive ketones (excluding diaryl/α,β-unsaturated/α-hetero) is 2. The predicted octanol–water partition coefficient (Wildman–Crippen LogP) is 7.80. The second kappa shape index (κ2) is 11.5. The molecule has 0 fully saturated rings. The summed E-state index contributed by atoms with van der Waals surface area (Å²) >= 11 is 0. The Labute approximate surface area is 303 Å². The van der Waals surface area contributed by atoms with Crippen molar-refractivity contribution in [3.8, 4) is 0 Å². The maximum atomic E-state index is 14.4. The Morgan fingerprint density at radius 1 is 0.500 bits per heavy atom. The molecular weight excluding hydrogens is 652 g/mol. The molecule has 0 N–H and O–H groups in total. The van der Waals surface area contributed by atoms with E-state index in [4.69, 9.17) is 9.47 Å². The lowest BCUT2D eigenvalue weighted by Crippen LogP contribution is -2.40. The van der Waals surface area contributed by atoms with Crippen LogP contribution >= 0.6 is 0 Å². The van der Waals surface area contributed by atoms with Crippen LogP contribution < -0.4 is 9.80 Å². The molecule has 3 aromatic rings. The molecule has 0 bridgehead atoms. The standard InChI is InChI=1S/C44H40N2O6/c1-43(2)19-29-37(33(47)21-43)35(39-31(23-51-41(39)49)45(29)27-14-7-5-8-15-27)25-12-11-13-26(18-25)36-38-30(20-44(3,4)22-34(38)48)46(28-16-9-6-10-17-28)32-24-52-42(50)40(32)36/h5-18,35-36H,19-24H2,1-4H3. The quantitative estimate of drug-likeness (QED) is 0.256. The number of hydrogen-bond donors (Lipinski definition) is 0. The fourth-order valence-corrected chi connectivity index (χ4v) is 9.39. The van der Waals surface area contributed by atoms with Gasteiger partial charge in [0.25, 0.3) is 0 Å². The van der Waals surface area contributed by atoms with E-state index in [2.05, 4.69) is 37.5 Å². The van der Waals surface area contributed by atoms with Gasteiger partial charge in [-0.05, 0) is 59.1 Å². The molecule has 0 saturated carbocycles. The Bertz CT molecular complexity index is 2080. The molecule has 0 aromatic heterocycles. The third-order valence-corrected chi connectivity index (χ3v) is 11.4. The Morgan fingerprint density at radius 3 is 1.31 bits per heavy atom. The zero-order valence-electron chi connectivity index (χ0n) is 29.8. The molecule has 4 aliphatic heterocycles. The highest BCUT2D eigenvalue weighted by Crippen LogP contribution is 2.55. The number of carbonyl (C=O) groups is 4. The SMILES string of the molecule is CC1(C)CC(=O)C2=C(C1)N(c1ccccc1)C1=C(C(=O)OC1)C2c1cccc(C2C3=C(CC(C)(C)CC3=O)N(c3ccccc3)C3=C2C(=O)OC3)c1. The average Bonchev–Trinajstić information content (AvgIpc) is 3.68. The van der Waals surface area contributed by atoms with Crippen LogP contribution in [0.25, 0.3) is 0 Å². The molecule has 2 atom stereocenters. The summed E-state index contributed by atoms with van der Waals surface area (Å²) in [5.74, 6) is -2.19. The fraction of sp³-hybridized carbons (Fsp3) is 0.318. The van der Waals surface area contributed by atoms with Crippen LogP contribution in [-0.2, 0) is 28.7 Å². The summed E-state index contributed by atoms with van der Waals surface area (Å²) in [6, 6.07) is 27.5. The molecule has 2 aliphatic carbocycles. The fourth-order valence-electron chi connectivity index (χ4n) is 9.39. The molecule has 262 valence electrons. The summed E-state index contributed by atoms with van der Waals surface area (Å²) in [4.78, 5) is 60.4. The highest BCUT2D eigenvalue weighted by Gasteiger charge is 2.51. The van der Waals surface area contributed by atoms with Gasteiger partial charge in [0, 0.05) is 58.6 Å². The number of ketones is 2. The minimum atomic E-state index is -0.661. The minimum absolute atomic E-state index is 0.00375. The molecule has 52 heavy (non-hydrogen) atoms. The van der Waals surface area contributed by atoms with Gasteiger partial charge in [-0.15, -0.1) is 0 Å². The van der Waals surface area contributed by atoms with Gasteiger partial charge in [0.15, 0.2) is 11.6 Å². The lowest BCUT2D eigenvalue weighted by Gasteiger charge is -2.44. The molecule has 6 aliphatic rings. The molecule has 2 unspecified atom stereocenters. The summed E-state index contributed by atoms with van der Waals surface area (Å²) in [6.45, 7) is 8.63. The van der Waals surface area contributed by atoms with Crippen LogP contribution in [0.4, 0.5) is 11.4 Å². The van der Waals surface area contributed by atoms with Crippen molar-refractivity contribution >= 4 is 34.9 Å². The van der Waals surface area contributed by atoms with Crippen molar-refractivity contribution < 1.29 is 28.7 Å². The van der Waals surface area contributed by atoms with Gasteiger partial charge in [0.2, 0.25) is 0 Å². The molecule has 0 spiro atoms. The number of esters is 2. The van der Waals surface area contributed by atoms with Crippen molar-refractivity contribution in [3.05, 3.63) is 141 Å². The zero-order chi connectivity index (χ0) is 36.1. The van der Waals surface area contributed by atoms with Gasteiger partial charge in [-0.3, -0.25) is 9.59 Å². The van der Waals surface area contributed by atoms with E-state index in [1.165, 1.54) is 0 Å². The highest BCUT2D eigenvalue weighted by molar-refractivity contribution is 6.08. The minimum Gasteiger partial charge on any atom is -0.456 e. The average molecular weight is 693 g/mol. The predicted molar refractivity (Wildman–Crippen MR) is 196 cm³/mol. The van der Waals surface area contributed by atoms with Crippen molar-refractivity contribution in [2.75, 3.05) is 23.0 Å². The number of anilines is 2. The molecule has 0 saturated heterocycles. The lowest BCUT2D eigenvalue weighted by molar-refractivity contribution is -0.137. The van der Waals surface area contributed by atoms with Gasteiger partial charge in [-0.25, -0.2) is 9.59 Å². The second-order valence-corrected chi connectivity index (χ2v) is 16.4. The van der Waals surface area contributed by atoms with Crippen LogP contribution in [0.5, 0.6) is 0 Å². The number of allylic oxidation sites excluding steroid dienone is 4. The molecule has 8 heteroatoms. The Hall–Kier alpha value is -5.50. The smallest absolute Gasteiger partial charge is 0.337 e. The maximum absolute atomic E-state index is 14.4. The van der Waals surface area contributed by atoms with E-state index in [0.717, 1.165) is 45.3 Å². The topological polar surface area (TPSA) is 93.2 Å². The van der Waals surface area contributed by atoms with E-state index >= 15 is 0 Å². The number of benzene rings is 3. The third-order valence-electron chi connectivity index (χ3n) is 11.4. The number of nitrogens with zero attached hydrogens (tertiary/aromatic N) is 2. The van der Waals surface area contributed by atoms with E-state index in [1.807, 2.05) is 84.9 Å². The van der Waals surface area contributed by atoms with E-state index in [-0.39, 0.29) is 35.6 Å². The van der Waals surface area contributed by atoms with Crippen molar-refractivity contribution in [2.24, 2.45) is 10.8 Å². The summed E-state index contributed by atoms with van der Waals surface area (Å²) < 4.78 is 11.5. The Balaban J connectivity index is 1.25. The maximum Gasteiger partial charge on any atom is 0.337 e. The van der Waals surface area contributed by atoms with Gasteiger partial charge in [-0.1, -0.05) is 88.4 Å². The van der Waals surface area contributed by atoms with Crippen molar-refractivity contribution in [1.82, 2.24) is 0 Å². The lowest BCUT2D eigenvalue weighted by atomic mass is 9.66. The first-order valence-electron chi connectivity index (χ1n) is 18.1. The Kier molecular flexibility index (Phi) is 7.17. The highest BCUT2D eigenvalue weighted by atomic mass is 16.5. The number of ether oxygens (including phenoxy) is 2. The van der Waals surface area contributed by atoms with Gasteiger partial charge in [0.1, 0.15) is 13.2 Å². The van der Waals surface area contributed by atoms with Crippen molar-refractivity contribution in [2.45, 2.75) is 65.2 Å². The summed E-state index contributed by atoms with van der Waals surface area (Å²) in [5, 5.41) is 0. The molecule has 0 amide bonds. The first-order valence-corrected chi connectivity index (χ1v) is 18.1. The van der Waals surface area contributed by atoms with E-state index in [0.29, 0.717) is 48.0 Å². The van der Waals surface area contributed by atoms with Gasteiger partial charge < -0.3 is 19.3 Å². The van der Waals surface area contributed by atoms with E-state index < -0.39 is 23.8 Å². The first kappa shape index (κ1) is 32.4. The monoisotopic (exact) mass is 692 g/mol. The van der Waals surface area contributed by atoms with Crippen LogP contribution in [-0.4, -0.2) is 36.7 Å². The molecule has 0 radical (unpaired) electrons. The summed E-state index contributed by atoms with van der Waals surface area (Å²) in [6.07, 6.45) is 1.99. The third kappa shape index (κ3) is 4.94. The van der Waals surface area contributed by atoms with Crippen molar-refractivity contribution in [1.29, 1.82) is 0 Å². The Morgan fingerprint density at radius 2 is 0.904 bits per heavy atom. The van der Waals surface area contributed by atoms with Crippen molar-refractivity contribution in [3.63, 3.8) is 0 Å². The number of hydrogen-bond acceptors (Lipinski definition) is 8. The summed E-state index contributed by atoms with van der Waals surface area (Å²) in [7, 11) is 0. The number of cyclic esters (lactones) is 2. The largest absolute Gasteiger partial charge is 0.456 e. The van der Waals surface area contributed by atoms with Crippen LogP contribution in [0.2, 0.25) is 0 Å². The first-order chi connectivity index (χ1) is 24.9. The van der Waals surface area contributed by atoms with E-state index in [9.17, 15) is 19.2 Å². The van der Waals surface area contributed by atoms with Crippen LogP contribution in [0.15, 0.2) is 130 Å². The molecule has 9 rings (SSSR count). The normalized spacial score (nSPS) is 24.8. The summed E-state index contributed by atoms with van der Waals surface area (Å²) in [5.41, 5.74) is 8.07. The van der Waals surface area contributed by atoms with Crippen LogP contribution in [0.1, 0.15) is 76.3 Å². The number of rotatable bonds is 4. The van der Waals surface area contributed by atoms with Crippen LogP contribution in [0.3, 0.4) is 0 Å². The number of para-hydroxylation sites is 2. The van der Waals surface area contributed by atoms with Gasteiger partial charge in [0.05, 0.1) is 22.5 Å². The molecule has 8 nitrogen and oxygen atoms in total. The molecule has 3 aromatic carbocycles. The molecular formula is C44H40N2O6. The van der Waals surface area contributed by atoms with Crippen LogP contribution in [0, 0.1) is 10.8 Å². The van der Waals surface area contributed by atoms with Gasteiger partial charge >= 0.3 is 11.9 Å². The zero-order valence-corrected chi connectivity index (χ0v) is 29.8. The van der Waals surface area contributed by atoms with Gasteiger partial charge in [-0.2, -0.15) is 0 Å². The second-order valence-electron chi connectivity index (χ2n) is 16.4.